The summed E-state index contributed by atoms with van der Waals surface area (Å²) in [5.41, 5.74) is 0.682. The quantitative estimate of drug-likeness (QED) is 0.762. The van der Waals surface area contributed by atoms with E-state index in [9.17, 15) is 5.11 Å². The summed E-state index contributed by atoms with van der Waals surface area (Å²) >= 11 is 1.67. The summed E-state index contributed by atoms with van der Waals surface area (Å²) in [7, 11) is 0. The van der Waals surface area contributed by atoms with E-state index in [4.69, 9.17) is 0 Å². The minimum absolute atomic E-state index is 0.448. The lowest BCUT2D eigenvalue weighted by Gasteiger charge is -2.06. The first-order chi connectivity index (χ1) is 5.77. The molecule has 2 unspecified atom stereocenters. The number of aliphatic hydroxyl groups is 1. The van der Waals surface area contributed by atoms with Crippen LogP contribution in [-0.2, 0) is 5.60 Å². The van der Waals surface area contributed by atoms with Crippen LogP contribution in [0.5, 0.6) is 0 Å². The van der Waals surface area contributed by atoms with Crippen molar-refractivity contribution >= 4 is 11.3 Å². The van der Waals surface area contributed by atoms with Crippen LogP contribution in [0.4, 0.5) is 0 Å². The largest absolute Gasteiger partial charge is 0.385 e. The number of rotatable bonds is 3. The SMILES string of the molecule is CCCC1CC1(O)c1ccsc1. The van der Waals surface area contributed by atoms with Crippen molar-refractivity contribution in [1.82, 2.24) is 0 Å². The lowest BCUT2D eigenvalue weighted by molar-refractivity contribution is 0.129. The zero-order valence-electron chi connectivity index (χ0n) is 7.29. The van der Waals surface area contributed by atoms with Gasteiger partial charge in [0.05, 0.1) is 5.60 Å². The molecule has 1 aromatic rings. The summed E-state index contributed by atoms with van der Waals surface area (Å²) in [6, 6.07) is 2.04. The fourth-order valence-corrected chi connectivity index (χ4v) is 2.60. The van der Waals surface area contributed by atoms with Crippen molar-refractivity contribution in [3.05, 3.63) is 22.4 Å². The molecule has 1 aliphatic rings. The van der Waals surface area contributed by atoms with Gasteiger partial charge in [-0.05, 0) is 41.1 Å². The molecule has 0 aliphatic heterocycles. The Hall–Kier alpha value is -0.340. The van der Waals surface area contributed by atoms with Gasteiger partial charge in [0.25, 0.3) is 0 Å². The normalized spacial score (nSPS) is 33.7. The number of hydrogen-bond acceptors (Lipinski definition) is 2. The van der Waals surface area contributed by atoms with E-state index in [0.29, 0.717) is 5.92 Å². The first-order valence-electron chi connectivity index (χ1n) is 4.52. The predicted octanol–water partition coefficient (Wildman–Crippen LogP) is 2.76. The predicted molar refractivity (Wildman–Crippen MR) is 51.2 cm³/mol. The lowest BCUT2D eigenvalue weighted by atomic mass is 10.1. The Morgan fingerprint density at radius 1 is 1.75 bits per heavy atom. The van der Waals surface area contributed by atoms with E-state index in [1.807, 2.05) is 11.4 Å². The summed E-state index contributed by atoms with van der Waals surface area (Å²) in [5, 5.41) is 14.2. The number of thiophene rings is 1. The molecule has 0 bridgehead atoms. The van der Waals surface area contributed by atoms with Crippen LogP contribution in [-0.4, -0.2) is 5.11 Å². The lowest BCUT2D eigenvalue weighted by Crippen LogP contribution is -2.06. The van der Waals surface area contributed by atoms with Crippen molar-refractivity contribution < 1.29 is 5.11 Å². The summed E-state index contributed by atoms with van der Waals surface area (Å²) in [4.78, 5) is 0. The molecule has 12 heavy (non-hydrogen) atoms. The van der Waals surface area contributed by atoms with Gasteiger partial charge < -0.3 is 5.11 Å². The second kappa shape index (κ2) is 2.86. The van der Waals surface area contributed by atoms with E-state index < -0.39 is 5.60 Å². The average molecular weight is 182 g/mol. The molecule has 0 amide bonds. The van der Waals surface area contributed by atoms with Gasteiger partial charge in [-0.25, -0.2) is 0 Å². The number of hydrogen-bond donors (Lipinski definition) is 1. The monoisotopic (exact) mass is 182 g/mol. The molecule has 1 aromatic heterocycles. The molecular weight excluding hydrogens is 168 g/mol. The summed E-state index contributed by atoms with van der Waals surface area (Å²) in [6.45, 7) is 2.17. The van der Waals surface area contributed by atoms with Crippen LogP contribution in [0.3, 0.4) is 0 Å². The Labute approximate surface area is 77.0 Å². The first kappa shape index (κ1) is 8.27. The van der Waals surface area contributed by atoms with Gasteiger partial charge in [0, 0.05) is 0 Å². The topological polar surface area (TPSA) is 20.2 Å². The minimum Gasteiger partial charge on any atom is -0.385 e. The van der Waals surface area contributed by atoms with E-state index >= 15 is 0 Å². The van der Waals surface area contributed by atoms with E-state index in [-0.39, 0.29) is 0 Å². The molecule has 1 heterocycles. The van der Waals surface area contributed by atoms with Crippen LogP contribution >= 0.6 is 11.3 Å². The smallest absolute Gasteiger partial charge is 0.0937 e. The van der Waals surface area contributed by atoms with Crippen molar-refractivity contribution in [2.45, 2.75) is 31.8 Å². The Kier molecular flexibility index (Phi) is 1.97. The molecule has 0 aromatic carbocycles. The molecule has 1 saturated carbocycles. The molecule has 1 fully saturated rings. The highest BCUT2D eigenvalue weighted by molar-refractivity contribution is 7.08. The molecule has 0 saturated heterocycles. The molecular formula is C10H14OS. The van der Waals surface area contributed by atoms with E-state index in [2.05, 4.69) is 12.3 Å². The van der Waals surface area contributed by atoms with Gasteiger partial charge in [-0.1, -0.05) is 13.3 Å². The summed E-state index contributed by atoms with van der Waals surface area (Å²) in [5.74, 6) is 0.525. The summed E-state index contributed by atoms with van der Waals surface area (Å²) in [6.07, 6.45) is 3.31. The maximum atomic E-state index is 10.1. The van der Waals surface area contributed by atoms with E-state index in [1.54, 1.807) is 11.3 Å². The van der Waals surface area contributed by atoms with Crippen LogP contribution < -0.4 is 0 Å². The fourth-order valence-electron chi connectivity index (χ4n) is 1.87. The van der Waals surface area contributed by atoms with Crippen molar-refractivity contribution in [3.63, 3.8) is 0 Å². The standard InChI is InChI=1S/C10H14OS/c1-2-3-8-6-10(8,11)9-4-5-12-7-9/h4-5,7-8,11H,2-3,6H2,1H3. The fraction of sp³-hybridized carbons (Fsp3) is 0.600. The van der Waals surface area contributed by atoms with Crippen molar-refractivity contribution in [2.24, 2.45) is 5.92 Å². The molecule has 1 nitrogen and oxygen atoms in total. The van der Waals surface area contributed by atoms with Gasteiger partial charge in [-0.2, -0.15) is 11.3 Å². The second-order valence-corrected chi connectivity index (χ2v) is 4.41. The third-order valence-corrected chi connectivity index (χ3v) is 3.41. The Bertz CT molecular complexity index is 255. The molecule has 1 N–H and O–H groups in total. The van der Waals surface area contributed by atoms with Crippen LogP contribution in [0, 0.1) is 5.92 Å². The highest BCUT2D eigenvalue weighted by Crippen LogP contribution is 2.54. The van der Waals surface area contributed by atoms with Gasteiger partial charge in [0.2, 0.25) is 0 Å². The van der Waals surface area contributed by atoms with Gasteiger partial charge in [0.1, 0.15) is 0 Å². The van der Waals surface area contributed by atoms with Crippen molar-refractivity contribution in [3.8, 4) is 0 Å². The van der Waals surface area contributed by atoms with Crippen molar-refractivity contribution in [1.29, 1.82) is 0 Å². The third kappa shape index (κ3) is 1.19. The van der Waals surface area contributed by atoms with Crippen LogP contribution in [0.25, 0.3) is 0 Å². The Balaban J connectivity index is 2.07. The molecule has 0 spiro atoms. The molecule has 1 aliphatic carbocycles. The first-order valence-corrected chi connectivity index (χ1v) is 5.46. The maximum absolute atomic E-state index is 10.1. The zero-order chi connectivity index (χ0) is 8.60. The van der Waals surface area contributed by atoms with Gasteiger partial charge in [0.15, 0.2) is 0 Å². The van der Waals surface area contributed by atoms with Gasteiger partial charge in [-0.3, -0.25) is 0 Å². The molecule has 66 valence electrons. The van der Waals surface area contributed by atoms with Crippen molar-refractivity contribution in [2.75, 3.05) is 0 Å². The van der Waals surface area contributed by atoms with Crippen LogP contribution in [0.1, 0.15) is 31.7 Å². The molecule has 2 rings (SSSR count). The molecule has 2 atom stereocenters. The van der Waals surface area contributed by atoms with E-state index in [0.717, 1.165) is 18.4 Å². The zero-order valence-corrected chi connectivity index (χ0v) is 8.10. The van der Waals surface area contributed by atoms with Crippen LogP contribution in [0.2, 0.25) is 0 Å². The summed E-state index contributed by atoms with van der Waals surface area (Å²) < 4.78 is 0. The second-order valence-electron chi connectivity index (χ2n) is 3.63. The van der Waals surface area contributed by atoms with E-state index in [1.165, 1.54) is 6.42 Å². The highest BCUT2D eigenvalue weighted by atomic mass is 32.1. The maximum Gasteiger partial charge on any atom is 0.0937 e. The van der Waals surface area contributed by atoms with Gasteiger partial charge >= 0.3 is 0 Å². The molecule has 0 radical (unpaired) electrons. The van der Waals surface area contributed by atoms with Gasteiger partial charge in [-0.15, -0.1) is 0 Å². The Morgan fingerprint density at radius 3 is 3.17 bits per heavy atom. The highest BCUT2D eigenvalue weighted by Gasteiger charge is 2.53. The third-order valence-electron chi connectivity index (χ3n) is 2.73. The van der Waals surface area contributed by atoms with Crippen LogP contribution in [0.15, 0.2) is 16.8 Å². The average Bonchev–Trinajstić information content (AvgIpc) is 2.57. The molecule has 2 heteroatoms. The Morgan fingerprint density at radius 2 is 2.58 bits per heavy atom. The minimum atomic E-state index is -0.448.